The summed E-state index contributed by atoms with van der Waals surface area (Å²) in [5.74, 6) is -1.20. The first-order chi connectivity index (χ1) is 7.49. The third-order valence-corrected chi connectivity index (χ3v) is 1.82. The molecule has 0 aliphatic carbocycles. The lowest BCUT2D eigenvalue weighted by Gasteiger charge is -2.02. The molecule has 1 aromatic carbocycles. The fourth-order valence-corrected chi connectivity index (χ4v) is 1.14. The van der Waals surface area contributed by atoms with Crippen molar-refractivity contribution in [3.05, 3.63) is 41.5 Å². The van der Waals surface area contributed by atoms with E-state index in [1.807, 2.05) is 13.8 Å². The van der Waals surface area contributed by atoms with E-state index in [1.54, 1.807) is 12.1 Å². The van der Waals surface area contributed by atoms with Crippen molar-refractivity contribution in [1.82, 2.24) is 0 Å². The molecule has 0 bridgehead atoms. The average Bonchev–Trinajstić information content (AvgIpc) is 2.16. The number of carbonyl (C=O) groups is 2. The van der Waals surface area contributed by atoms with E-state index in [9.17, 15) is 9.59 Å². The maximum atomic E-state index is 11.3. The number of allylic oxidation sites excluding steroid dienone is 1. The SMILES string of the molecule is CC(C)=CC(=O)Nc1ccc(C(=O)O)cc1. The Morgan fingerprint density at radius 2 is 1.75 bits per heavy atom. The summed E-state index contributed by atoms with van der Waals surface area (Å²) in [6.07, 6.45) is 1.48. The molecule has 0 spiro atoms. The highest BCUT2D eigenvalue weighted by atomic mass is 16.4. The van der Waals surface area contributed by atoms with Gasteiger partial charge < -0.3 is 10.4 Å². The molecule has 0 heterocycles. The number of nitrogens with one attached hydrogen (secondary N) is 1. The second-order valence-electron chi connectivity index (χ2n) is 3.59. The second-order valence-corrected chi connectivity index (χ2v) is 3.59. The van der Waals surface area contributed by atoms with Crippen molar-refractivity contribution in [3.8, 4) is 0 Å². The minimum absolute atomic E-state index is 0.195. The lowest BCUT2D eigenvalue weighted by Crippen LogP contribution is -2.08. The van der Waals surface area contributed by atoms with Crippen LogP contribution in [0.5, 0.6) is 0 Å². The minimum atomic E-state index is -0.984. The Kier molecular flexibility index (Phi) is 3.83. The average molecular weight is 219 g/mol. The monoisotopic (exact) mass is 219 g/mol. The van der Waals surface area contributed by atoms with Gasteiger partial charge in [0.15, 0.2) is 0 Å². The molecule has 0 aromatic heterocycles. The molecule has 1 aromatic rings. The predicted octanol–water partition coefficient (Wildman–Crippen LogP) is 2.29. The van der Waals surface area contributed by atoms with Gasteiger partial charge in [-0.15, -0.1) is 0 Å². The van der Waals surface area contributed by atoms with Crippen LogP contribution < -0.4 is 5.32 Å². The van der Waals surface area contributed by atoms with E-state index < -0.39 is 5.97 Å². The van der Waals surface area contributed by atoms with Gasteiger partial charge in [-0.2, -0.15) is 0 Å². The molecule has 0 saturated carbocycles. The van der Waals surface area contributed by atoms with Crippen LogP contribution in [0, 0.1) is 0 Å². The van der Waals surface area contributed by atoms with Crippen molar-refractivity contribution in [3.63, 3.8) is 0 Å². The molecule has 0 radical (unpaired) electrons. The Morgan fingerprint density at radius 1 is 1.19 bits per heavy atom. The van der Waals surface area contributed by atoms with Gasteiger partial charge in [0.05, 0.1) is 5.56 Å². The van der Waals surface area contributed by atoms with Crippen LogP contribution >= 0.6 is 0 Å². The Hall–Kier alpha value is -2.10. The van der Waals surface area contributed by atoms with Gasteiger partial charge in [0.2, 0.25) is 5.91 Å². The topological polar surface area (TPSA) is 66.4 Å². The van der Waals surface area contributed by atoms with E-state index in [0.717, 1.165) is 5.57 Å². The van der Waals surface area contributed by atoms with Crippen molar-refractivity contribution >= 4 is 17.6 Å². The molecule has 4 nitrogen and oxygen atoms in total. The zero-order valence-corrected chi connectivity index (χ0v) is 9.15. The molecule has 1 amide bonds. The van der Waals surface area contributed by atoms with Crippen molar-refractivity contribution < 1.29 is 14.7 Å². The molecule has 16 heavy (non-hydrogen) atoms. The summed E-state index contributed by atoms with van der Waals surface area (Å²) in [5.41, 5.74) is 1.67. The van der Waals surface area contributed by atoms with E-state index in [2.05, 4.69) is 5.32 Å². The van der Waals surface area contributed by atoms with Crippen LogP contribution in [-0.4, -0.2) is 17.0 Å². The van der Waals surface area contributed by atoms with Gasteiger partial charge in [0, 0.05) is 11.8 Å². The molecule has 0 aliphatic heterocycles. The highest BCUT2D eigenvalue weighted by molar-refractivity contribution is 6.00. The second kappa shape index (κ2) is 5.11. The molecular formula is C12H13NO3. The molecular weight excluding hydrogens is 206 g/mol. The van der Waals surface area contributed by atoms with E-state index in [1.165, 1.54) is 18.2 Å². The number of benzene rings is 1. The summed E-state index contributed by atoms with van der Waals surface area (Å²) in [6.45, 7) is 3.65. The zero-order chi connectivity index (χ0) is 12.1. The third kappa shape index (κ3) is 3.57. The fraction of sp³-hybridized carbons (Fsp3) is 0.167. The van der Waals surface area contributed by atoms with E-state index in [4.69, 9.17) is 5.11 Å². The van der Waals surface area contributed by atoms with Crippen LogP contribution in [0.3, 0.4) is 0 Å². The molecule has 84 valence electrons. The number of amides is 1. The number of anilines is 1. The maximum Gasteiger partial charge on any atom is 0.335 e. The highest BCUT2D eigenvalue weighted by Crippen LogP contribution is 2.09. The van der Waals surface area contributed by atoms with Gasteiger partial charge in [-0.25, -0.2) is 4.79 Å². The van der Waals surface area contributed by atoms with Crippen LogP contribution in [-0.2, 0) is 4.79 Å². The molecule has 0 atom stereocenters. The zero-order valence-electron chi connectivity index (χ0n) is 9.15. The number of carboxylic acid groups (broad SMARTS) is 1. The lowest BCUT2D eigenvalue weighted by atomic mass is 10.2. The molecule has 0 saturated heterocycles. The molecule has 1 rings (SSSR count). The van der Waals surface area contributed by atoms with Crippen LogP contribution in [0.25, 0.3) is 0 Å². The first-order valence-electron chi connectivity index (χ1n) is 4.78. The standard InChI is InChI=1S/C12H13NO3/c1-8(2)7-11(14)13-10-5-3-9(4-6-10)12(15)16/h3-7H,1-2H3,(H,13,14)(H,15,16). The molecule has 0 fully saturated rings. The van der Waals surface area contributed by atoms with E-state index in [0.29, 0.717) is 5.69 Å². The molecule has 0 unspecified atom stereocenters. The van der Waals surface area contributed by atoms with Gasteiger partial charge in [0.1, 0.15) is 0 Å². The fourth-order valence-electron chi connectivity index (χ4n) is 1.14. The number of aromatic carboxylic acids is 1. The summed E-state index contributed by atoms with van der Waals surface area (Å²) in [6, 6.07) is 6.00. The van der Waals surface area contributed by atoms with E-state index in [-0.39, 0.29) is 11.5 Å². The number of rotatable bonds is 3. The molecule has 4 heteroatoms. The Morgan fingerprint density at radius 3 is 2.19 bits per heavy atom. The van der Waals surface area contributed by atoms with Gasteiger partial charge in [-0.05, 0) is 38.1 Å². The van der Waals surface area contributed by atoms with Gasteiger partial charge in [-0.3, -0.25) is 4.79 Å². The number of hydrogen-bond donors (Lipinski definition) is 2. The predicted molar refractivity (Wildman–Crippen MR) is 61.5 cm³/mol. The van der Waals surface area contributed by atoms with Crippen LogP contribution in [0.1, 0.15) is 24.2 Å². The summed E-state index contributed by atoms with van der Waals surface area (Å²) >= 11 is 0. The number of hydrogen-bond acceptors (Lipinski definition) is 2. The molecule has 2 N–H and O–H groups in total. The van der Waals surface area contributed by atoms with Crippen molar-refractivity contribution in [2.75, 3.05) is 5.32 Å². The van der Waals surface area contributed by atoms with Crippen molar-refractivity contribution in [2.24, 2.45) is 0 Å². The minimum Gasteiger partial charge on any atom is -0.478 e. The Labute approximate surface area is 93.6 Å². The maximum absolute atomic E-state index is 11.3. The molecule has 0 aliphatic rings. The first kappa shape index (κ1) is 12.0. The van der Waals surface area contributed by atoms with Gasteiger partial charge in [-0.1, -0.05) is 5.57 Å². The summed E-state index contributed by atoms with van der Waals surface area (Å²) in [5, 5.41) is 11.3. The summed E-state index contributed by atoms with van der Waals surface area (Å²) in [4.78, 5) is 21.9. The lowest BCUT2D eigenvalue weighted by molar-refractivity contribution is -0.111. The largest absolute Gasteiger partial charge is 0.478 e. The summed E-state index contributed by atoms with van der Waals surface area (Å²) in [7, 11) is 0. The highest BCUT2D eigenvalue weighted by Gasteiger charge is 2.02. The van der Waals surface area contributed by atoms with Crippen molar-refractivity contribution in [2.45, 2.75) is 13.8 Å². The van der Waals surface area contributed by atoms with Crippen LogP contribution in [0.2, 0.25) is 0 Å². The quantitative estimate of drug-likeness (QED) is 0.766. The van der Waals surface area contributed by atoms with Crippen LogP contribution in [0.4, 0.5) is 5.69 Å². The van der Waals surface area contributed by atoms with Crippen LogP contribution in [0.15, 0.2) is 35.9 Å². The van der Waals surface area contributed by atoms with Gasteiger partial charge in [0.25, 0.3) is 0 Å². The number of carbonyl (C=O) groups excluding carboxylic acids is 1. The Bertz CT molecular complexity index is 428. The number of carboxylic acids is 1. The Balaban J connectivity index is 2.73. The smallest absolute Gasteiger partial charge is 0.335 e. The van der Waals surface area contributed by atoms with Gasteiger partial charge >= 0.3 is 5.97 Å². The normalized spacial score (nSPS) is 9.38. The summed E-state index contributed by atoms with van der Waals surface area (Å²) < 4.78 is 0. The van der Waals surface area contributed by atoms with Crippen molar-refractivity contribution in [1.29, 1.82) is 0 Å². The third-order valence-electron chi connectivity index (χ3n) is 1.82. The van der Waals surface area contributed by atoms with E-state index >= 15 is 0 Å². The first-order valence-corrected chi connectivity index (χ1v) is 4.78.